The van der Waals surface area contributed by atoms with E-state index in [9.17, 15) is 4.79 Å². The highest BCUT2D eigenvalue weighted by atomic mass is 16.2. The summed E-state index contributed by atoms with van der Waals surface area (Å²) in [6.45, 7) is 3.40. The van der Waals surface area contributed by atoms with Gasteiger partial charge in [0.05, 0.1) is 23.9 Å². The lowest BCUT2D eigenvalue weighted by atomic mass is 9.96. The van der Waals surface area contributed by atoms with Gasteiger partial charge in [-0.1, -0.05) is 30.3 Å². The van der Waals surface area contributed by atoms with Crippen molar-refractivity contribution < 1.29 is 4.79 Å². The summed E-state index contributed by atoms with van der Waals surface area (Å²) >= 11 is 0. The zero-order valence-corrected chi connectivity index (χ0v) is 14.0. The molecule has 0 aliphatic carbocycles. The fraction of sp³-hybridized carbons (Fsp3) is 0.278. The molecule has 4 rings (SSSR count). The first kappa shape index (κ1) is 15.4. The van der Waals surface area contributed by atoms with Gasteiger partial charge < -0.3 is 15.2 Å². The molecule has 0 bridgehead atoms. The van der Waals surface area contributed by atoms with E-state index in [-0.39, 0.29) is 12.1 Å². The monoisotopic (exact) mass is 336 g/mol. The number of aryl methyl sites for hydroxylation is 1. The first-order valence-corrected chi connectivity index (χ1v) is 8.43. The average Bonchev–Trinajstić information content (AvgIpc) is 3.30. The third kappa shape index (κ3) is 2.88. The van der Waals surface area contributed by atoms with Crippen LogP contribution in [0.15, 0.2) is 49.1 Å². The summed E-state index contributed by atoms with van der Waals surface area (Å²) in [7, 11) is 0. The number of H-pyrrole nitrogens is 1. The Labute approximate surface area is 145 Å². The van der Waals surface area contributed by atoms with Gasteiger partial charge in [0.1, 0.15) is 6.04 Å². The van der Waals surface area contributed by atoms with Crippen LogP contribution in [0, 0.1) is 0 Å². The Kier molecular flexibility index (Phi) is 3.97. The van der Waals surface area contributed by atoms with Crippen LogP contribution in [0.3, 0.4) is 0 Å². The van der Waals surface area contributed by atoms with Crippen LogP contribution >= 0.6 is 0 Å². The van der Waals surface area contributed by atoms with Gasteiger partial charge in [-0.15, -0.1) is 0 Å². The lowest BCUT2D eigenvalue weighted by Gasteiger charge is -2.35. The standard InChI is InChI=1S/C18H20N6O/c1-2-23-11-14(10-21-23)22-18(25)24-9-8-15-16(20-12-19-15)17(24)13-6-4-3-5-7-13/h3-7,10-12,17H,2,8-9H2,1H3,(H,19,20)(H,22,25). The number of urea groups is 1. The Morgan fingerprint density at radius 2 is 2.20 bits per heavy atom. The second-order valence-corrected chi connectivity index (χ2v) is 6.04. The molecular weight excluding hydrogens is 316 g/mol. The highest BCUT2D eigenvalue weighted by Gasteiger charge is 2.34. The third-order valence-corrected chi connectivity index (χ3v) is 4.51. The predicted molar refractivity (Wildman–Crippen MR) is 94.2 cm³/mol. The van der Waals surface area contributed by atoms with Crippen LogP contribution in [0.5, 0.6) is 0 Å². The highest BCUT2D eigenvalue weighted by molar-refractivity contribution is 5.89. The number of anilines is 1. The second kappa shape index (κ2) is 6.43. The highest BCUT2D eigenvalue weighted by Crippen LogP contribution is 2.33. The molecule has 1 aliphatic rings. The van der Waals surface area contributed by atoms with Crippen LogP contribution in [0.25, 0.3) is 0 Å². The van der Waals surface area contributed by atoms with Crippen molar-refractivity contribution in [2.75, 3.05) is 11.9 Å². The molecule has 2 amide bonds. The van der Waals surface area contributed by atoms with Crippen molar-refractivity contribution in [3.8, 4) is 0 Å². The molecule has 0 fully saturated rings. The molecule has 25 heavy (non-hydrogen) atoms. The number of imidazole rings is 1. The maximum absolute atomic E-state index is 12.9. The van der Waals surface area contributed by atoms with E-state index in [0.717, 1.165) is 29.9 Å². The van der Waals surface area contributed by atoms with Gasteiger partial charge in [0, 0.05) is 31.4 Å². The van der Waals surface area contributed by atoms with Crippen LogP contribution in [0.2, 0.25) is 0 Å². The summed E-state index contributed by atoms with van der Waals surface area (Å²) in [5, 5.41) is 7.16. The number of rotatable bonds is 3. The number of amides is 2. The number of hydrogen-bond donors (Lipinski definition) is 2. The predicted octanol–water partition coefficient (Wildman–Crippen LogP) is 2.81. The van der Waals surface area contributed by atoms with Crippen LogP contribution in [-0.4, -0.2) is 37.2 Å². The SMILES string of the molecule is CCn1cc(NC(=O)N2CCc3[nH]cnc3C2c2ccccc2)cn1. The van der Waals surface area contributed by atoms with Gasteiger partial charge in [0.15, 0.2) is 0 Å². The summed E-state index contributed by atoms with van der Waals surface area (Å²) in [6, 6.07) is 9.67. The van der Waals surface area contributed by atoms with Gasteiger partial charge in [-0.25, -0.2) is 9.78 Å². The van der Waals surface area contributed by atoms with E-state index in [1.807, 2.05) is 48.4 Å². The van der Waals surface area contributed by atoms with E-state index in [1.54, 1.807) is 17.2 Å². The molecule has 0 saturated heterocycles. The minimum atomic E-state index is -0.197. The lowest BCUT2D eigenvalue weighted by molar-refractivity contribution is 0.192. The molecule has 128 valence electrons. The molecule has 1 aliphatic heterocycles. The number of aromatic nitrogens is 4. The van der Waals surface area contributed by atoms with Crippen LogP contribution in [0.1, 0.15) is 29.9 Å². The fourth-order valence-corrected chi connectivity index (χ4v) is 3.26. The summed E-state index contributed by atoms with van der Waals surface area (Å²) in [4.78, 5) is 22.4. The number of carbonyl (C=O) groups is 1. The fourth-order valence-electron chi connectivity index (χ4n) is 3.26. The number of hydrogen-bond acceptors (Lipinski definition) is 3. The molecule has 1 atom stereocenters. The molecule has 7 heteroatoms. The Morgan fingerprint density at radius 3 is 2.96 bits per heavy atom. The Morgan fingerprint density at radius 1 is 1.36 bits per heavy atom. The Hall–Kier alpha value is -3.09. The van der Waals surface area contributed by atoms with Crippen molar-refractivity contribution >= 4 is 11.7 Å². The van der Waals surface area contributed by atoms with Gasteiger partial charge in [-0.3, -0.25) is 4.68 Å². The summed E-state index contributed by atoms with van der Waals surface area (Å²) < 4.78 is 1.78. The van der Waals surface area contributed by atoms with Crippen LogP contribution < -0.4 is 5.32 Å². The van der Waals surface area contributed by atoms with E-state index >= 15 is 0 Å². The molecule has 0 saturated carbocycles. The maximum atomic E-state index is 12.9. The van der Waals surface area contributed by atoms with E-state index in [2.05, 4.69) is 20.4 Å². The third-order valence-electron chi connectivity index (χ3n) is 4.51. The van der Waals surface area contributed by atoms with Crippen molar-refractivity contribution in [3.05, 3.63) is 66.0 Å². The topological polar surface area (TPSA) is 78.8 Å². The largest absolute Gasteiger partial charge is 0.348 e. The Bertz CT molecular complexity index is 869. The molecule has 3 heterocycles. The van der Waals surface area contributed by atoms with Crippen molar-refractivity contribution in [1.82, 2.24) is 24.6 Å². The van der Waals surface area contributed by atoms with Crippen molar-refractivity contribution in [1.29, 1.82) is 0 Å². The Balaban J connectivity index is 1.64. The quantitative estimate of drug-likeness (QED) is 0.772. The zero-order valence-electron chi connectivity index (χ0n) is 14.0. The molecular formula is C18H20N6O. The molecule has 2 aromatic heterocycles. The number of nitrogens with one attached hydrogen (secondary N) is 2. The number of benzene rings is 1. The van der Waals surface area contributed by atoms with Gasteiger partial charge in [0.25, 0.3) is 0 Å². The van der Waals surface area contributed by atoms with Gasteiger partial charge in [-0.05, 0) is 12.5 Å². The number of carbonyl (C=O) groups excluding carboxylic acids is 1. The summed E-state index contributed by atoms with van der Waals surface area (Å²) in [6.07, 6.45) is 5.97. The molecule has 1 unspecified atom stereocenters. The molecule has 3 aromatic rings. The number of nitrogens with zero attached hydrogens (tertiary/aromatic N) is 4. The van der Waals surface area contributed by atoms with Gasteiger partial charge in [-0.2, -0.15) is 5.10 Å². The molecule has 1 aromatic carbocycles. The lowest BCUT2D eigenvalue weighted by Crippen LogP contribution is -2.43. The van der Waals surface area contributed by atoms with Crippen molar-refractivity contribution in [2.24, 2.45) is 0 Å². The normalized spacial score (nSPS) is 16.5. The summed E-state index contributed by atoms with van der Waals surface area (Å²) in [5.41, 5.74) is 3.76. The van der Waals surface area contributed by atoms with Crippen molar-refractivity contribution in [3.63, 3.8) is 0 Å². The van der Waals surface area contributed by atoms with Gasteiger partial charge >= 0.3 is 6.03 Å². The van der Waals surface area contributed by atoms with Crippen LogP contribution in [-0.2, 0) is 13.0 Å². The minimum Gasteiger partial charge on any atom is -0.348 e. The molecule has 7 nitrogen and oxygen atoms in total. The first-order chi connectivity index (χ1) is 12.3. The first-order valence-electron chi connectivity index (χ1n) is 8.43. The van der Waals surface area contributed by atoms with E-state index < -0.39 is 0 Å². The number of fused-ring (bicyclic) bond motifs is 1. The minimum absolute atomic E-state index is 0.141. The smallest absolute Gasteiger partial charge is 0.322 e. The summed E-state index contributed by atoms with van der Waals surface area (Å²) in [5.74, 6) is 0. The number of aromatic amines is 1. The van der Waals surface area contributed by atoms with Gasteiger partial charge in [0.2, 0.25) is 0 Å². The molecule has 0 spiro atoms. The molecule has 2 N–H and O–H groups in total. The van der Waals surface area contributed by atoms with Crippen LogP contribution in [0.4, 0.5) is 10.5 Å². The average molecular weight is 336 g/mol. The second-order valence-electron chi connectivity index (χ2n) is 6.04. The molecule has 0 radical (unpaired) electrons. The zero-order chi connectivity index (χ0) is 17.2. The maximum Gasteiger partial charge on any atom is 0.322 e. The van der Waals surface area contributed by atoms with E-state index in [1.165, 1.54) is 0 Å². The van der Waals surface area contributed by atoms with E-state index in [0.29, 0.717) is 12.2 Å². The van der Waals surface area contributed by atoms with E-state index in [4.69, 9.17) is 0 Å². The van der Waals surface area contributed by atoms with Crippen molar-refractivity contribution in [2.45, 2.75) is 25.9 Å².